The highest BCUT2D eigenvalue weighted by molar-refractivity contribution is 5.88. The van der Waals surface area contributed by atoms with E-state index in [1.165, 1.54) is 24.0 Å². The molecular weight excluding hydrogens is 362 g/mol. The summed E-state index contributed by atoms with van der Waals surface area (Å²) < 4.78 is 5.03. The van der Waals surface area contributed by atoms with Crippen molar-refractivity contribution in [3.05, 3.63) is 47.3 Å². The predicted molar refractivity (Wildman–Crippen MR) is 117 cm³/mol. The molecule has 1 aliphatic carbocycles. The van der Waals surface area contributed by atoms with Crippen molar-refractivity contribution in [3.8, 4) is 0 Å². The summed E-state index contributed by atoms with van der Waals surface area (Å²) in [5, 5.41) is 0. The number of ether oxygens (including phenoxy) is 1. The summed E-state index contributed by atoms with van der Waals surface area (Å²) in [4.78, 5) is 23.0. The number of fused-ring (bicyclic) bond motifs is 1. The first-order valence-electron chi connectivity index (χ1n) is 10.6. The highest BCUT2D eigenvalue weighted by Crippen LogP contribution is 2.47. The monoisotopic (exact) mass is 395 g/mol. The van der Waals surface area contributed by atoms with Gasteiger partial charge >= 0.3 is 5.97 Å². The summed E-state index contributed by atoms with van der Waals surface area (Å²) in [6, 6.07) is 6.77. The normalized spacial score (nSPS) is 16.8. The van der Waals surface area contributed by atoms with E-state index in [0.29, 0.717) is 18.1 Å². The molecule has 0 aliphatic heterocycles. The van der Waals surface area contributed by atoms with Crippen LogP contribution < -0.4 is 4.90 Å². The molecule has 5 heteroatoms. The highest BCUT2D eigenvalue weighted by atomic mass is 16.5. The zero-order valence-corrected chi connectivity index (χ0v) is 18.6. The minimum absolute atomic E-state index is 0.146. The number of anilines is 2. The maximum Gasteiger partial charge on any atom is 0.341 e. The lowest BCUT2D eigenvalue weighted by atomic mass is 9.63. The quantitative estimate of drug-likeness (QED) is 0.600. The molecule has 0 saturated carbocycles. The molecule has 156 valence electrons. The number of rotatable bonds is 6. The van der Waals surface area contributed by atoms with Crippen LogP contribution in [-0.2, 0) is 15.6 Å². The molecule has 0 unspecified atom stereocenters. The summed E-state index contributed by atoms with van der Waals surface area (Å²) in [5.74, 6) is 0.214. The van der Waals surface area contributed by atoms with E-state index in [2.05, 4.69) is 67.7 Å². The Hall–Kier alpha value is -2.43. The Morgan fingerprint density at radius 2 is 1.66 bits per heavy atom. The Kier molecular flexibility index (Phi) is 5.97. The van der Waals surface area contributed by atoms with Gasteiger partial charge in [-0.1, -0.05) is 40.7 Å². The molecule has 29 heavy (non-hydrogen) atoms. The van der Waals surface area contributed by atoms with Crippen LogP contribution in [0.15, 0.2) is 30.6 Å². The zero-order valence-electron chi connectivity index (χ0n) is 18.6. The van der Waals surface area contributed by atoms with Gasteiger partial charge in [0.15, 0.2) is 0 Å². The molecule has 5 nitrogen and oxygen atoms in total. The van der Waals surface area contributed by atoms with Crippen LogP contribution in [0.4, 0.5) is 11.6 Å². The number of carbonyl (C=O) groups excluding carboxylic acids is 1. The van der Waals surface area contributed by atoms with Gasteiger partial charge in [0, 0.05) is 24.6 Å². The standard InChI is InChI=1S/C24H33N3O2/c1-7-13-27(22-25-15-17(16-26-22)21(28)29-8-2)18-9-10-19-20(14-18)24(5,6)12-11-23(19,3)4/h9-10,14-16H,7-8,11-13H2,1-6H3. The van der Waals surface area contributed by atoms with E-state index in [1.54, 1.807) is 19.3 Å². The van der Waals surface area contributed by atoms with Crippen LogP contribution in [0.3, 0.4) is 0 Å². The van der Waals surface area contributed by atoms with Gasteiger partial charge in [0.05, 0.1) is 12.2 Å². The first-order chi connectivity index (χ1) is 13.7. The predicted octanol–water partition coefficient (Wildman–Crippen LogP) is 5.55. The van der Waals surface area contributed by atoms with Crippen molar-refractivity contribution in [1.82, 2.24) is 9.97 Å². The van der Waals surface area contributed by atoms with Crippen molar-refractivity contribution in [2.75, 3.05) is 18.1 Å². The van der Waals surface area contributed by atoms with Crippen LogP contribution >= 0.6 is 0 Å². The number of carbonyl (C=O) groups is 1. The molecule has 0 radical (unpaired) electrons. The first-order valence-corrected chi connectivity index (χ1v) is 10.6. The van der Waals surface area contributed by atoms with Crippen molar-refractivity contribution in [3.63, 3.8) is 0 Å². The Balaban J connectivity index is 1.99. The van der Waals surface area contributed by atoms with Crippen LogP contribution in [0.1, 0.15) is 82.3 Å². The van der Waals surface area contributed by atoms with E-state index in [4.69, 9.17) is 4.74 Å². The van der Waals surface area contributed by atoms with E-state index in [-0.39, 0.29) is 16.8 Å². The number of hydrogen-bond donors (Lipinski definition) is 0. The van der Waals surface area contributed by atoms with Gasteiger partial charge in [-0.2, -0.15) is 0 Å². The van der Waals surface area contributed by atoms with Gasteiger partial charge < -0.3 is 9.64 Å². The van der Waals surface area contributed by atoms with Gasteiger partial charge in [0.2, 0.25) is 5.95 Å². The van der Waals surface area contributed by atoms with Gasteiger partial charge in [-0.25, -0.2) is 14.8 Å². The summed E-state index contributed by atoms with van der Waals surface area (Å²) in [5.41, 5.74) is 4.66. The van der Waals surface area contributed by atoms with Crippen LogP contribution in [0.25, 0.3) is 0 Å². The van der Waals surface area contributed by atoms with Gasteiger partial charge in [-0.3, -0.25) is 0 Å². The Morgan fingerprint density at radius 1 is 1.03 bits per heavy atom. The SMILES string of the molecule is CCCN(c1ccc2c(c1)C(C)(C)CCC2(C)C)c1ncc(C(=O)OCC)cn1. The summed E-state index contributed by atoms with van der Waals surface area (Å²) >= 11 is 0. The van der Waals surface area contributed by atoms with Gasteiger partial charge in [0.25, 0.3) is 0 Å². The third-order valence-electron chi connectivity index (χ3n) is 5.99. The van der Waals surface area contributed by atoms with Gasteiger partial charge in [0.1, 0.15) is 0 Å². The number of aromatic nitrogens is 2. The lowest BCUT2D eigenvalue weighted by molar-refractivity contribution is 0.0525. The molecule has 0 bridgehead atoms. The fourth-order valence-corrected chi connectivity index (χ4v) is 4.09. The average molecular weight is 396 g/mol. The van der Waals surface area contributed by atoms with Crippen molar-refractivity contribution >= 4 is 17.6 Å². The van der Waals surface area contributed by atoms with Gasteiger partial charge in [-0.15, -0.1) is 0 Å². The van der Waals surface area contributed by atoms with Crippen LogP contribution in [0.2, 0.25) is 0 Å². The fourth-order valence-electron chi connectivity index (χ4n) is 4.09. The maximum atomic E-state index is 11.9. The van der Waals surface area contributed by atoms with E-state index in [0.717, 1.165) is 18.7 Å². The number of esters is 1. The second-order valence-corrected chi connectivity index (χ2v) is 9.14. The smallest absolute Gasteiger partial charge is 0.341 e. The molecular formula is C24H33N3O2. The molecule has 1 aromatic carbocycles. The maximum absolute atomic E-state index is 11.9. The topological polar surface area (TPSA) is 55.3 Å². The molecule has 0 fully saturated rings. The number of benzene rings is 1. The summed E-state index contributed by atoms with van der Waals surface area (Å²) in [7, 11) is 0. The first kappa shape index (κ1) is 21.3. The second-order valence-electron chi connectivity index (χ2n) is 9.14. The molecule has 1 aromatic heterocycles. The molecule has 0 spiro atoms. The molecule has 2 aromatic rings. The minimum Gasteiger partial charge on any atom is -0.462 e. The van der Waals surface area contributed by atoms with E-state index in [1.807, 2.05) is 0 Å². The van der Waals surface area contributed by atoms with Crippen LogP contribution in [0, 0.1) is 0 Å². The van der Waals surface area contributed by atoms with Crippen molar-refractivity contribution in [2.45, 2.75) is 71.6 Å². The van der Waals surface area contributed by atoms with E-state index >= 15 is 0 Å². The Bertz CT molecular complexity index is 872. The average Bonchev–Trinajstić information content (AvgIpc) is 2.70. The van der Waals surface area contributed by atoms with Crippen LogP contribution in [0.5, 0.6) is 0 Å². The van der Waals surface area contributed by atoms with Crippen molar-refractivity contribution in [1.29, 1.82) is 0 Å². The van der Waals surface area contributed by atoms with Gasteiger partial charge in [-0.05, 0) is 60.3 Å². The fraction of sp³-hybridized carbons (Fsp3) is 0.542. The van der Waals surface area contributed by atoms with Crippen molar-refractivity contribution in [2.24, 2.45) is 0 Å². The molecule has 0 N–H and O–H groups in total. The summed E-state index contributed by atoms with van der Waals surface area (Å²) in [6.07, 6.45) is 6.44. The van der Waals surface area contributed by atoms with E-state index in [9.17, 15) is 4.79 Å². The molecule has 3 rings (SSSR count). The molecule has 0 amide bonds. The minimum atomic E-state index is -0.390. The third kappa shape index (κ3) is 4.29. The lowest BCUT2D eigenvalue weighted by Gasteiger charge is -2.42. The molecule has 0 saturated heterocycles. The Morgan fingerprint density at radius 3 is 2.24 bits per heavy atom. The Labute approximate surface area is 174 Å². The van der Waals surface area contributed by atoms with Crippen LogP contribution in [-0.4, -0.2) is 29.1 Å². The second kappa shape index (κ2) is 8.13. The molecule has 1 aliphatic rings. The lowest BCUT2D eigenvalue weighted by Crippen LogP contribution is -2.34. The largest absolute Gasteiger partial charge is 0.462 e. The number of hydrogen-bond acceptors (Lipinski definition) is 5. The third-order valence-corrected chi connectivity index (χ3v) is 5.99. The summed E-state index contributed by atoms with van der Waals surface area (Å²) in [6.45, 7) is 14.4. The number of nitrogens with zero attached hydrogens (tertiary/aromatic N) is 3. The highest BCUT2D eigenvalue weighted by Gasteiger charge is 2.37. The van der Waals surface area contributed by atoms with E-state index < -0.39 is 0 Å². The molecule has 1 heterocycles. The molecule has 0 atom stereocenters. The zero-order chi connectivity index (χ0) is 21.2. The van der Waals surface area contributed by atoms with Crippen molar-refractivity contribution < 1.29 is 9.53 Å².